The molecule has 4 nitrogen and oxygen atoms in total. The molecular weight excluding hydrogens is 375 g/mol. The SMILES string of the molecule is [C-]#[N+]c1ccc(F)cc1.[C-]#[N+]c1ccc(N2CCN(Cc3ccccc3)CC2)cc1. The monoisotopic (exact) mass is 398 g/mol. The summed E-state index contributed by atoms with van der Waals surface area (Å²) in [6, 6.07) is 24.0. The summed E-state index contributed by atoms with van der Waals surface area (Å²) in [5.41, 5.74) is 3.78. The minimum atomic E-state index is -0.303. The Morgan fingerprint density at radius 2 is 1.23 bits per heavy atom. The van der Waals surface area contributed by atoms with Gasteiger partial charge in [-0.15, -0.1) is 0 Å². The van der Waals surface area contributed by atoms with Crippen molar-refractivity contribution in [3.05, 3.63) is 113 Å². The fraction of sp³-hybridized carbons (Fsp3) is 0.200. The van der Waals surface area contributed by atoms with Crippen molar-refractivity contribution in [2.75, 3.05) is 31.1 Å². The third kappa shape index (κ3) is 6.17. The summed E-state index contributed by atoms with van der Waals surface area (Å²) < 4.78 is 12.1. The average molecular weight is 398 g/mol. The lowest BCUT2D eigenvalue weighted by molar-refractivity contribution is 0.250. The molecule has 150 valence electrons. The van der Waals surface area contributed by atoms with Crippen LogP contribution in [0.2, 0.25) is 0 Å². The van der Waals surface area contributed by atoms with Gasteiger partial charge in [-0.2, -0.15) is 0 Å². The summed E-state index contributed by atoms with van der Waals surface area (Å²) in [6.45, 7) is 18.8. The van der Waals surface area contributed by atoms with Gasteiger partial charge >= 0.3 is 0 Å². The summed E-state index contributed by atoms with van der Waals surface area (Å²) in [4.78, 5) is 11.4. The van der Waals surface area contributed by atoms with Gasteiger partial charge in [0, 0.05) is 38.4 Å². The normalized spacial score (nSPS) is 13.5. The predicted octanol–water partition coefficient (Wildman–Crippen LogP) is 5.94. The Hall–Kier alpha value is -3.67. The molecule has 5 heteroatoms. The van der Waals surface area contributed by atoms with E-state index in [1.165, 1.54) is 35.5 Å². The predicted molar refractivity (Wildman–Crippen MR) is 119 cm³/mol. The van der Waals surface area contributed by atoms with Gasteiger partial charge in [0.1, 0.15) is 5.82 Å². The standard InChI is InChI=1S/C18H19N3.C7H4FN/c1-19-17-7-9-18(10-8-17)21-13-11-20(12-14-21)15-16-5-3-2-4-6-16;1-9-7-4-2-6(8)3-5-7/h2-10H,11-15H2;2-5H. The van der Waals surface area contributed by atoms with Crippen molar-refractivity contribution in [1.29, 1.82) is 0 Å². The van der Waals surface area contributed by atoms with Crippen LogP contribution in [0.25, 0.3) is 9.69 Å². The van der Waals surface area contributed by atoms with Gasteiger partial charge in [0.05, 0.1) is 13.1 Å². The zero-order chi connectivity index (χ0) is 21.2. The number of piperazine rings is 1. The van der Waals surface area contributed by atoms with Gasteiger partial charge in [-0.05, 0) is 29.8 Å². The van der Waals surface area contributed by atoms with Crippen molar-refractivity contribution in [3.8, 4) is 0 Å². The van der Waals surface area contributed by atoms with Crippen molar-refractivity contribution in [2.24, 2.45) is 0 Å². The van der Waals surface area contributed by atoms with Crippen molar-refractivity contribution in [2.45, 2.75) is 6.54 Å². The van der Waals surface area contributed by atoms with Gasteiger partial charge in [0.15, 0.2) is 11.4 Å². The number of nitrogens with zero attached hydrogens (tertiary/aromatic N) is 4. The number of hydrogen-bond acceptors (Lipinski definition) is 2. The number of halogens is 1. The summed E-state index contributed by atoms with van der Waals surface area (Å²) in [6.07, 6.45) is 0. The average Bonchev–Trinajstić information content (AvgIpc) is 2.81. The molecule has 0 aromatic heterocycles. The molecule has 1 fully saturated rings. The summed E-state index contributed by atoms with van der Waals surface area (Å²) in [5.74, 6) is -0.303. The zero-order valence-electron chi connectivity index (χ0n) is 16.7. The Bertz CT molecular complexity index is 994. The first-order valence-electron chi connectivity index (χ1n) is 9.80. The molecule has 0 amide bonds. The van der Waals surface area contributed by atoms with Crippen LogP contribution in [0.4, 0.5) is 21.5 Å². The highest BCUT2D eigenvalue weighted by atomic mass is 19.1. The van der Waals surface area contributed by atoms with E-state index in [0.29, 0.717) is 11.4 Å². The largest absolute Gasteiger partial charge is 0.369 e. The highest BCUT2D eigenvalue weighted by Gasteiger charge is 2.17. The Morgan fingerprint density at radius 3 is 1.77 bits per heavy atom. The van der Waals surface area contributed by atoms with E-state index in [4.69, 9.17) is 13.1 Å². The van der Waals surface area contributed by atoms with Crippen LogP contribution in [0.3, 0.4) is 0 Å². The van der Waals surface area contributed by atoms with Crippen LogP contribution in [-0.2, 0) is 6.54 Å². The quantitative estimate of drug-likeness (QED) is 0.508. The third-order valence-electron chi connectivity index (χ3n) is 4.92. The molecule has 1 heterocycles. The third-order valence-corrected chi connectivity index (χ3v) is 4.92. The van der Waals surface area contributed by atoms with E-state index in [-0.39, 0.29) is 5.82 Å². The first-order chi connectivity index (χ1) is 14.7. The first-order valence-corrected chi connectivity index (χ1v) is 9.80. The number of rotatable bonds is 3. The second-order valence-electron chi connectivity index (χ2n) is 6.97. The first kappa shape index (κ1) is 21.0. The van der Waals surface area contributed by atoms with E-state index >= 15 is 0 Å². The highest BCUT2D eigenvalue weighted by Crippen LogP contribution is 2.21. The maximum absolute atomic E-state index is 12.1. The molecule has 0 bridgehead atoms. The minimum absolute atomic E-state index is 0.303. The van der Waals surface area contributed by atoms with Crippen molar-refractivity contribution < 1.29 is 4.39 Å². The molecule has 3 aromatic carbocycles. The van der Waals surface area contributed by atoms with Crippen molar-refractivity contribution in [1.82, 2.24) is 4.90 Å². The van der Waals surface area contributed by atoms with Crippen molar-refractivity contribution in [3.63, 3.8) is 0 Å². The Morgan fingerprint density at radius 1 is 0.700 bits per heavy atom. The molecular formula is C25H23FN4. The van der Waals surface area contributed by atoms with E-state index in [9.17, 15) is 4.39 Å². The van der Waals surface area contributed by atoms with Gasteiger partial charge in [0.25, 0.3) is 0 Å². The zero-order valence-corrected chi connectivity index (χ0v) is 16.7. The lowest BCUT2D eigenvalue weighted by Crippen LogP contribution is -2.45. The molecule has 0 N–H and O–H groups in total. The van der Waals surface area contributed by atoms with Crippen molar-refractivity contribution >= 4 is 17.1 Å². The van der Waals surface area contributed by atoms with Crippen LogP contribution in [0, 0.1) is 19.0 Å². The van der Waals surface area contributed by atoms with E-state index < -0.39 is 0 Å². The Labute approximate surface area is 177 Å². The molecule has 30 heavy (non-hydrogen) atoms. The molecule has 0 spiro atoms. The van der Waals surface area contributed by atoms with Crippen LogP contribution in [0.15, 0.2) is 78.9 Å². The molecule has 0 saturated carbocycles. The fourth-order valence-electron chi connectivity index (χ4n) is 3.26. The molecule has 0 radical (unpaired) electrons. The lowest BCUT2D eigenvalue weighted by Gasteiger charge is -2.36. The smallest absolute Gasteiger partial charge is 0.187 e. The second kappa shape index (κ2) is 10.8. The molecule has 4 rings (SSSR count). The van der Waals surface area contributed by atoms with Crippen LogP contribution in [0.1, 0.15) is 5.56 Å². The van der Waals surface area contributed by atoms with E-state index in [0.717, 1.165) is 32.7 Å². The van der Waals surface area contributed by atoms with Gasteiger partial charge in [-0.25, -0.2) is 14.1 Å². The van der Waals surface area contributed by atoms with Gasteiger partial charge in [0.2, 0.25) is 0 Å². The Balaban J connectivity index is 0.000000239. The summed E-state index contributed by atoms with van der Waals surface area (Å²) >= 11 is 0. The number of hydrogen-bond donors (Lipinski definition) is 0. The topological polar surface area (TPSA) is 15.2 Å². The van der Waals surface area contributed by atoms with E-state index in [2.05, 4.69) is 62.0 Å². The second-order valence-corrected chi connectivity index (χ2v) is 6.97. The fourth-order valence-corrected chi connectivity index (χ4v) is 3.26. The number of benzene rings is 3. The summed E-state index contributed by atoms with van der Waals surface area (Å²) in [5, 5.41) is 0. The maximum atomic E-state index is 12.1. The minimum Gasteiger partial charge on any atom is -0.369 e. The Kier molecular flexibility index (Phi) is 7.55. The molecule has 0 atom stereocenters. The summed E-state index contributed by atoms with van der Waals surface area (Å²) in [7, 11) is 0. The van der Waals surface area contributed by atoms with Crippen LogP contribution >= 0.6 is 0 Å². The van der Waals surface area contributed by atoms with Crippen LogP contribution in [0.5, 0.6) is 0 Å². The molecule has 1 aliphatic rings. The van der Waals surface area contributed by atoms with E-state index in [1.807, 2.05) is 12.1 Å². The lowest BCUT2D eigenvalue weighted by atomic mass is 10.2. The maximum Gasteiger partial charge on any atom is 0.187 e. The molecule has 3 aromatic rings. The van der Waals surface area contributed by atoms with Gasteiger partial charge in [-0.3, -0.25) is 4.90 Å². The van der Waals surface area contributed by atoms with Gasteiger partial charge in [-0.1, -0.05) is 54.6 Å². The highest BCUT2D eigenvalue weighted by molar-refractivity contribution is 5.55. The molecule has 0 unspecified atom stereocenters. The number of anilines is 1. The molecule has 0 aliphatic carbocycles. The van der Waals surface area contributed by atoms with Gasteiger partial charge < -0.3 is 4.90 Å². The molecule has 1 saturated heterocycles. The van der Waals surface area contributed by atoms with Crippen LogP contribution in [-0.4, -0.2) is 31.1 Å². The van der Waals surface area contributed by atoms with Crippen LogP contribution < -0.4 is 4.90 Å². The van der Waals surface area contributed by atoms with E-state index in [1.54, 1.807) is 0 Å². The molecule has 1 aliphatic heterocycles.